The van der Waals surface area contributed by atoms with Gasteiger partial charge < -0.3 is 15.2 Å². The zero-order chi connectivity index (χ0) is 12.1. The van der Waals surface area contributed by atoms with E-state index in [4.69, 9.17) is 27.9 Å². The van der Waals surface area contributed by atoms with Crippen molar-refractivity contribution < 1.29 is 9.84 Å². The van der Waals surface area contributed by atoms with E-state index >= 15 is 0 Å². The lowest BCUT2D eigenvalue weighted by atomic mass is 10.2. The fourth-order valence-corrected chi connectivity index (χ4v) is 1.58. The number of ether oxygens (including phenoxy) is 1. The first-order valence-electron chi connectivity index (χ1n) is 4.64. The molecule has 0 spiro atoms. The molecule has 1 rings (SSSR count). The lowest BCUT2D eigenvalue weighted by Crippen LogP contribution is -2.14. The molecule has 1 aromatic carbocycles. The standard InChI is InChI=1S/C11H13Cl2NO2/c1-7(12)5-14-6-8-3-9(13)4-10(16-2)11(8)15/h3-4,14-15H,1,5-6H2,2H3. The van der Waals surface area contributed by atoms with Gasteiger partial charge in [-0.1, -0.05) is 29.8 Å². The van der Waals surface area contributed by atoms with Gasteiger partial charge in [0.1, 0.15) is 0 Å². The van der Waals surface area contributed by atoms with Crippen molar-refractivity contribution in [2.45, 2.75) is 6.54 Å². The summed E-state index contributed by atoms with van der Waals surface area (Å²) in [5.41, 5.74) is 0.655. The van der Waals surface area contributed by atoms with Crippen molar-refractivity contribution in [2.75, 3.05) is 13.7 Å². The van der Waals surface area contributed by atoms with Crippen molar-refractivity contribution in [1.82, 2.24) is 5.32 Å². The van der Waals surface area contributed by atoms with E-state index in [1.807, 2.05) is 0 Å². The summed E-state index contributed by atoms with van der Waals surface area (Å²) in [5, 5.41) is 13.8. The molecule has 0 aliphatic rings. The summed E-state index contributed by atoms with van der Waals surface area (Å²) in [5.74, 6) is 0.439. The summed E-state index contributed by atoms with van der Waals surface area (Å²) in [6, 6.07) is 3.23. The van der Waals surface area contributed by atoms with Gasteiger partial charge >= 0.3 is 0 Å². The van der Waals surface area contributed by atoms with Gasteiger partial charge in [-0.3, -0.25) is 0 Å². The third kappa shape index (κ3) is 3.59. The van der Waals surface area contributed by atoms with E-state index in [0.29, 0.717) is 34.5 Å². The molecule has 0 aromatic heterocycles. The Labute approximate surface area is 105 Å². The Hall–Kier alpha value is -0.900. The summed E-state index contributed by atoms with van der Waals surface area (Å²) in [4.78, 5) is 0. The van der Waals surface area contributed by atoms with Gasteiger partial charge in [-0.05, 0) is 6.07 Å². The molecule has 0 saturated carbocycles. The SMILES string of the molecule is C=C(Cl)CNCc1cc(Cl)cc(OC)c1O. The maximum absolute atomic E-state index is 9.80. The fourth-order valence-electron chi connectivity index (χ4n) is 1.25. The Morgan fingerprint density at radius 3 is 2.81 bits per heavy atom. The topological polar surface area (TPSA) is 41.5 Å². The van der Waals surface area contributed by atoms with Crippen LogP contribution in [0.15, 0.2) is 23.7 Å². The third-order valence-corrected chi connectivity index (χ3v) is 2.32. The molecule has 5 heteroatoms. The molecule has 0 unspecified atom stereocenters. The van der Waals surface area contributed by atoms with Crippen molar-refractivity contribution in [3.63, 3.8) is 0 Å². The van der Waals surface area contributed by atoms with Crippen molar-refractivity contribution in [3.8, 4) is 11.5 Å². The van der Waals surface area contributed by atoms with Crippen LogP contribution in [0, 0.1) is 0 Å². The van der Waals surface area contributed by atoms with E-state index in [1.165, 1.54) is 7.11 Å². The quantitative estimate of drug-likeness (QED) is 0.857. The Kier molecular flexibility index (Phi) is 4.93. The molecule has 0 bridgehead atoms. The molecule has 0 heterocycles. The number of phenolic OH excluding ortho intramolecular Hbond substituents is 1. The van der Waals surface area contributed by atoms with Crippen molar-refractivity contribution in [3.05, 3.63) is 34.3 Å². The van der Waals surface area contributed by atoms with Gasteiger partial charge in [0.05, 0.1) is 7.11 Å². The lowest BCUT2D eigenvalue weighted by molar-refractivity contribution is 0.370. The molecule has 88 valence electrons. The van der Waals surface area contributed by atoms with E-state index in [-0.39, 0.29) is 5.75 Å². The minimum atomic E-state index is 0.0829. The summed E-state index contributed by atoms with van der Waals surface area (Å²) >= 11 is 11.5. The molecule has 16 heavy (non-hydrogen) atoms. The van der Waals surface area contributed by atoms with Gasteiger partial charge in [0.15, 0.2) is 11.5 Å². The smallest absolute Gasteiger partial charge is 0.162 e. The largest absolute Gasteiger partial charge is 0.504 e. The minimum absolute atomic E-state index is 0.0829. The number of halogens is 2. The molecule has 0 fully saturated rings. The minimum Gasteiger partial charge on any atom is -0.504 e. The van der Waals surface area contributed by atoms with Crippen LogP contribution in [-0.2, 0) is 6.54 Å². The van der Waals surface area contributed by atoms with E-state index in [0.717, 1.165) is 0 Å². The first kappa shape index (κ1) is 13.2. The third-order valence-electron chi connectivity index (χ3n) is 1.97. The van der Waals surface area contributed by atoms with Crippen LogP contribution < -0.4 is 10.1 Å². The second-order valence-electron chi connectivity index (χ2n) is 3.24. The van der Waals surface area contributed by atoms with Crippen LogP contribution in [0.25, 0.3) is 0 Å². The number of benzene rings is 1. The highest BCUT2D eigenvalue weighted by Gasteiger charge is 2.09. The summed E-state index contributed by atoms with van der Waals surface area (Å²) in [7, 11) is 1.48. The predicted octanol–water partition coefficient (Wildman–Crippen LogP) is 2.90. The van der Waals surface area contributed by atoms with Crippen LogP contribution in [0.2, 0.25) is 5.02 Å². The lowest BCUT2D eigenvalue weighted by Gasteiger charge is -2.10. The Bertz CT molecular complexity index is 394. The molecule has 0 amide bonds. The average molecular weight is 262 g/mol. The molecule has 3 nitrogen and oxygen atoms in total. The Balaban J connectivity index is 2.78. The molecule has 0 aliphatic heterocycles. The van der Waals surface area contributed by atoms with Gasteiger partial charge in [-0.25, -0.2) is 0 Å². The van der Waals surface area contributed by atoms with Crippen molar-refractivity contribution in [1.29, 1.82) is 0 Å². The first-order valence-corrected chi connectivity index (χ1v) is 5.39. The van der Waals surface area contributed by atoms with Crippen LogP contribution in [-0.4, -0.2) is 18.8 Å². The number of rotatable bonds is 5. The number of phenols is 1. The fraction of sp³-hybridized carbons (Fsp3) is 0.273. The van der Waals surface area contributed by atoms with E-state index in [9.17, 15) is 5.11 Å². The molecule has 1 aromatic rings. The van der Waals surface area contributed by atoms with Crippen molar-refractivity contribution >= 4 is 23.2 Å². The second kappa shape index (κ2) is 5.99. The van der Waals surface area contributed by atoms with Gasteiger partial charge in [0, 0.05) is 34.8 Å². The summed E-state index contributed by atoms with van der Waals surface area (Å²) in [6.07, 6.45) is 0. The van der Waals surface area contributed by atoms with Crippen LogP contribution >= 0.6 is 23.2 Å². The Morgan fingerprint density at radius 1 is 1.56 bits per heavy atom. The van der Waals surface area contributed by atoms with Crippen molar-refractivity contribution in [2.24, 2.45) is 0 Å². The van der Waals surface area contributed by atoms with E-state index < -0.39 is 0 Å². The zero-order valence-electron chi connectivity index (χ0n) is 8.89. The second-order valence-corrected chi connectivity index (χ2v) is 4.21. The molecule has 2 N–H and O–H groups in total. The molecular weight excluding hydrogens is 249 g/mol. The maximum atomic E-state index is 9.80. The average Bonchev–Trinajstić information content (AvgIpc) is 2.22. The highest BCUT2D eigenvalue weighted by Crippen LogP contribution is 2.33. The maximum Gasteiger partial charge on any atom is 0.162 e. The normalized spacial score (nSPS) is 10.2. The van der Waals surface area contributed by atoms with Crippen LogP contribution in [0.4, 0.5) is 0 Å². The van der Waals surface area contributed by atoms with Gasteiger partial charge in [-0.15, -0.1) is 0 Å². The summed E-state index contributed by atoms with van der Waals surface area (Å²) < 4.78 is 4.99. The number of hydrogen-bond acceptors (Lipinski definition) is 3. The molecule has 0 saturated heterocycles. The number of methoxy groups -OCH3 is 1. The monoisotopic (exact) mass is 261 g/mol. The van der Waals surface area contributed by atoms with E-state index in [2.05, 4.69) is 11.9 Å². The molecule has 0 atom stereocenters. The molecular formula is C11H13Cl2NO2. The zero-order valence-corrected chi connectivity index (χ0v) is 10.4. The van der Waals surface area contributed by atoms with Crippen LogP contribution in [0.3, 0.4) is 0 Å². The number of hydrogen-bond donors (Lipinski definition) is 2. The van der Waals surface area contributed by atoms with Gasteiger partial charge in [-0.2, -0.15) is 0 Å². The van der Waals surface area contributed by atoms with Crippen LogP contribution in [0.1, 0.15) is 5.56 Å². The predicted molar refractivity (Wildman–Crippen MR) is 66.4 cm³/mol. The Morgan fingerprint density at radius 2 is 2.25 bits per heavy atom. The highest BCUT2D eigenvalue weighted by molar-refractivity contribution is 6.30. The molecule has 0 radical (unpaired) electrons. The number of aromatic hydroxyl groups is 1. The van der Waals surface area contributed by atoms with Gasteiger partial charge in [0.25, 0.3) is 0 Å². The van der Waals surface area contributed by atoms with Crippen LogP contribution in [0.5, 0.6) is 11.5 Å². The summed E-state index contributed by atoms with van der Waals surface area (Å²) in [6.45, 7) is 4.46. The highest BCUT2D eigenvalue weighted by atomic mass is 35.5. The first-order chi connectivity index (χ1) is 7.54. The van der Waals surface area contributed by atoms with E-state index in [1.54, 1.807) is 12.1 Å². The molecule has 0 aliphatic carbocycles. The number of nitrogens with one attached hydrogen (secondary N) is 1. The van der Waals surface area contributed by atoms with Gasteiger partial charge in [0.2, 0.25) is 0 Å².